The van der Waals surface area contributed by atoms with Gasteiger partial charge >= 0.3 is 0 Å². The highest BCUT2D eigenvalue weighted by Gasteiger charge is 2.25. The van der Waals surface area contributed by atoms with Crippen LogP contribution >= 0.6 is 11.8 Å². The largest absolute Gasteiger partial charge is 0.463 e. The summed E-state index contributed by atoms with van der Waals surface area (Å²) in [5.41, 5.74) is 2.24. The van der Waals surface area contributed by atoms with E-state index in [0.29, 0.717) is 16.4 Å². The number of benzene rings is 1. The molecule has 112 valence electrons. The molecular weight excluding hydrogens is 314 g/mol. The number of fused-ring (bicyclic) bond motifs is 1. The quantitative estimate of drug-likeness (QED) is 0.729. The average Bonchev–Trinajstić information content (AvgIpc) is 3.17. The third-order valence-electron chi connectivity index (χ3n) is 3.35. The SMILES string of the molecule is O=C1NC(=O)/C(=C/c2ccc3ncnc(-c4ccco4)c3c2)S1. The van der Waals surface area contributed by atoms with Crippen LogP contribution in [-0.2, 0) is 4.79 Å². The molecule has 0 atom stereocenters. The Bertz CT molecular complexity index is 964. The van der Waals surface area contributed by atoms with Crippen LogP contribution in [0.1, 0.15) is 5.56 Å². The maximum Gasteiger partial charge on any atom is 0.290 e. The van der Waals surface area contributed by atoms with Gasteiger partial charge in [-0.25, -0.2) is 9.97 Å². The first kappa shape index (κ1) is 13.7. The summed E-state index contributed by atoms with van der Waals surface area (Å²) < 4.78 is 5.41. The van der Waals surface area contributed by atoms with Gasteiger partial charge in [-0.05, 0) is 47.7 Å². The predicted molar refractivity (Wildman–Crippen MR) is 86.3 cm³/mol. The standard InChI is InChI=1S/C16H9N3O3S/c20-15-13(23-16(21)19-15)7-9-3-4-11-10(6-9)14(18-8-17-11)12-2-1-5-22-12/h1-8H,(H,19,20,21)/b13-7-. The van der Waals surface area contributed by atoms with Gasteiger partial charge in [-0.2, -0.15) is 0 Å². The van der Waals surface area contributed by atoms with Gasteiger partial charge in [0.25, 0.3) is 11.1 Å². The predicted octanol–water partition coefficient (Wildman–Crippen LogP) is 3.21. The number of nitrogens with zero attached hydrogens (tertiary/aromatic N) is 2. The number of nitrogens with one attached hydrogen (secondary N) is 1. The van der Waals surface area contributed by atoms with E-state index in [1.54, 1.807) is 18.4 Å². The molecule has 1 fully saturated rings. The van der Waals surface area contributed by atoms with Crippen molar-refractivity contribution in [3.8, 4) is 11.5 Å². The summed E-state index contributed by atoms with van der Waals surface area (Å²) in [4.78, 5) is 31.8. The number of hydrogen-bond acceptors (Lipinski definition) is 6. The van der Waals surface area contributed by atoms with Gasteiger partial charge in [-0.3, -0.25) is 14.9 Å². The Labute approximate surface area is 134 Å². The Balaban J connectivity index is 1.84. The lowest BCUT2D eigenvalue weighted by molar-refractivity contribution is -0.115. The molecule has 0 radical (unpaired) electrons. The van der Waals surface area contributed by atoms with Crippen LogP contribution in [0.5, 0.6) is 0 Å². The van der Waals surface area contributed by atoms with Gasteiger partial charge in [0.2, 0.25) is 0 Å². The lowest BCUT2D eigenvalue weighted by Crippen LogP contribution is -2.17. The molecule has 3 heterocycles. The highest BCUT2D eigenvalue weighted by Crippen LogP contribution is 2.29. The van der Waals surface area contributed by atoms with Crippen LogP contribution in [0.15, 0.2) is 52.2 Å². The molecular formula is C16H9N3O3S. The van der Waals surface area contributed by atoms with Crippen LogP contribution in [0.2, 0.25) is 0 Å². The van der Waals surface area contributed by atoms with E-state index >= 15 is 0 Å². The van der Waals surface area contributed by atoms with E-state index in [1.807, 2.05) is 24.3 Å². The number of carbonyl (C=O) groups is 2. The first-order valence-electron chi connectivity index (χ1n) is 6.74. The van der Waals surface area contributed by atoms with Crippen LogP contribution in [0.3, 0.4) is 0 Å². The molecule has 1 aliphatic rings. The molecule has 23 heavy (non-hydrogen) atoms. The third-order valence-corrected chi connectivity index (χ3v) is 4.16. The maximum atomic E-state index is 11.6. The van der Waals surface area contributed by atoms with Crippen molar-refractivity contribution in [2.75, 3.05) is 0 Å². The summed E-state index contributed by atoms with van der Waals surface area (Å²) in [5.74, 6) is 0.265. The molecule has 4 rings (SSSR count). The second-order valence-corrected chi connectivity index (χ2v) is 5.84. The highest BCUT2D eigenvalue weighted by molar-refractivity contribution is 8.18. The van der Waals surface area contributed by atoms with E-state index in [9.17, 15) is 9.59 Å². The average molecular weight is 323 g/mol. The normalized spacial score (nSPS) is 16.3. The molecule has 6 nitrogen and oxygen atoms in total. The Kier molecular flexibility index (Phi) is 3.20. The van der Waals surface area contributed by atoms with Crippen LogP contribution in [0.25, 0.3) is 28.4 Å². The summed E-state index contributed by atoms with van der Waals surface area (Å²) >= 11 is 0.888. The number of rotatable bonds is 2. The summed E-state index contributed by atoms with van der Waals surface area (Å²) in [6, 6.07) is 9.17. The van der Waals surface area contributed by atoms with E-state index < -0.39 is 0 Å². The lowest BCUT2D eigenvalue weighted by Gasteiger charge is -2.04. The zero-order valence-electron chi connectivity index (χ0n) is 11.6. The molecule has 2 aromatic heterocycles. The second-order valence-electron chi connectivity index (χ2n) is 4.83. The Morgan fingerprint density at radius 3 is 2.83 bits per heavy atom. The fourth-order valence-electron chi connectivity index (χ4n) is 2.35. The number of carbonyl (C=O) groups excluding carboxylic acids is 2. The van der Waals surface area contributed by atoms with Gasteiger partial charge in [0.1, 0.15) is 12.0 Å². The van der Waals surface area contributed by atoms with Gasteiger partial charge < -0.3 is 4.42 Å². The monoisotopic (exact) mass is 323 g/mol. The topological polar surface area (TPSA) is 85.1 Å². The minimum atomic E-state index is -0.379. The minimum absolute atomic E-state index is 0.360. The minimum Gasteiger partial charge on any atom is -0.463 e. The third kappa shape index (κ3) is 2.51. The summed E-state index contributed by atoms with van der Waals surface area (Å²) in [7, 11) is 0. The van der Waals surface area contributed by atoms with Crippen molar-refractivity contribution in [2.45, 2.75) is 0 Å². The van der Waals surface area contributed by atoms with E-state index in [4.69, 9.17) is 4.42 Å². The van der Waals surface area contributed by atoms with Gasteiger partial charge in [0, 0.05) is 5.39 Å². The number of hydrogen-bond donors (Lipinski definition) is 1. The molecule has 1 aliphatic heterocycles. The maximum absolute atomic E-state index is 11.6. The molecule has 7 heteroatoms. The molecule has 1 aromatic carbocycles. The first-order valence-corrected chi connectivity index (χ1v) is 7.56. The van der Waals surface area contributed by atoms with Crippen LogP contribution in [0, 0.1) is 0 Å². The molecule has 0 bridgehead atoms. The van der Waals surface area contributed by atoms with Crippen molar-refractivity contribution < 1.29 is 14.0 Å². The van der Waals surface area contributed by atoms with Crippen molar-refractivity contribution in [1.82, 2.24) is 15.3 Å². The van der Waals surface area contributed by atoms with Crippen molar-refractivity contribution in [1.29, 1.82) is 0 Å². The Morgan fingerprint density at radius 1 is 1.17 bits per heavy atom. The molecule has 3 aromatic rings. The van der Waals surface area contributed by atoms with E-state index in [1.165, 1.54) is 6.33 Å². The summed E-state index contributed by atoms with van der Waals surface area (Å²) in [6.07, 6.45) is 4.74. The van der Waals surface area contributed by atoms with Gasteiger partial charge in [0.15, 0.2) is 5.76 Å². The molecule has 0 aliphatic carbocycles. The van der Waals surface area contributed by atoms with Crippen molar-refractivity contribution in [2.24, 2.45) is 0 Å². The second kappa shape index (κ2) is 5.36. The number of aromatic nitrogens is 2. The van der Waals surface area contributed by atoms with Gasteiger partial charge in [-0.15, -0.1) is 0 Å². The molecule has 0 unspecified atom stereocenters. The van der Waals surface area contributed by atoms with Crippen molar-refractivity contribution in [3.05, 3.63) is 53.4 Å². The Hall–Kier alpha value is -2.93. The van der Waals surface area contributed by atoms with E-state index in [0.717, 1.165) is 28.2 Å². The van der Waals surface area contributed by atoms with Crippen molar-refractivity contribution in [3.63, 3.8) is 0 Å². The number of imide groups is 1. The van der Waals surface area contributed by atoms with E-state index in [-0.39, 0.29) is 11.1 Å². The van der Waals surface area contributed by atoms with E-state index in [2.05, 4.69) is 15.3 Å². The number of amides is 2. The summed E-state index contributed by atoms with van der Waals surface area (Å²) in [5, 5.41) is 2.69. The lowest BCUT2D eigenvalue weighted by atomic mass is 10.1. The fourth-order valence-corrected chi connectivity index (χ4v) is 3.03. The zero-order valence-corrected chi connectivity index (χ0v) is 12.5. The molecule has 1 N–H and O–H groups in total. The van der Waals surface area contributed by atoms with Crippen molar-refractivity contribution >= 4 is 39.9 Å². The van der Waals surface area contributed by atoms with Crippen LogP contribution in [0.4, 0.5) is 4.79 Å². The smallest absolute Gasteiger partial charge is 0.290 e. The van der Waals surface area contributed by atoms with Gasteiger partial charge in [-0.1, -0.05) is 6.07 Å². The molecule has 0 saturated carbocycles. The van der Waals surface area contributed by atoms with Gasteiger partial charge in [0.05, 0.1) is 16.7 Å². The first-order chi connectivity index (χ1) is 11.2. The van der Waals surface area contributed by atoms with Crippen LogP contribution in [-0.4, -0.2) is 21.1 Å². The highest BCUT2D eigenvalue weighted by atomic mass is 32.2. The Morgan fingerprint density at radius 2 is 2.09 bits per heavy atom. The molecule has 2 amide bonds. The zero-order chi connectivity index (χ0) is 15.8. The fraction of sp³-hybridized carbons (Fsp3) is 0. The van der Waals surface area contributed by atoms with Crippen LogP contribution < -0.4 is 5.32 Å². The molecule has 1 saturated heterocycles. The number of furan rings is 1. The summed E-state index contributed by atoms with van der Waals surface area (Å²) in [6.45, 7) is 0. The number of thioether (sulfide) groups is 1. The molecule has 0 spiro atoms.